The third-order valence-corrected chi connectivity index (χ3v) is 4.54. The SMILES string of the molecule is C[C@@H](C(=O)O)N1C(=O)/C(=C\c2cccc(Br)c2)SC1=S. The van der Waals surface area contributed by atoms with Crippen LogP contribution in [0.2, 0.25) is 0 Å². The van der Waals surface area contributed by atoms with Gasteiger partial charge in [0.15, 0.2) is 0 Å². The van der Waals surface area contributed by atoms with Crippen LogP contribution in [-0.4, -0.2) is 32.2 Å². The maximum atomic E-state index is 12.2. The smallest absolute Gasteiger partial charge is 0.326 e. The zero-order valence-corrected chi connectivity index (χ0v) is 13.6. The molecule has 1 heterocycles. The first-order chi connectivity index (χ1) is 9.40. The largest absolute Gasteiger partial charge is 0.480 e. The molecule has 104 valence electrons. The minimum atomic E-state index is -1.08. The molecule has 0 bridgehead atoms. The van der Waals surface area contributed by atoms with E-state index < -0.39 is 12.0 Å². The van der Waals surface area contributed by atoms with E-state index in [4.69, 9.17) is 17.3 Å². The van der Waals surface area contributed by atoms with Crippen LogP contribution in [0.15, 0.2) is 33.6 Å². The summed E-state index contributed by atoms with van der Waals surface area (Å²) in [5.74, 6) is -1.44. The van der Waals surface area contributed by atoms with Crippen molar-refractivity contribution in [3.8, 4) is 0 Å². The Balaban J connectivity index is 2.30. The molecule has 0 unspecified atom stereocenters. The molecule has 1 amide bonds. The van der Waals surface area contributed by atoms with E-state index in [1.54, 1.807) is 6.08 Å². The van der Waals surface area contributed by atoms with Crippen molar-refractivity contribution in [2.75, 3.05) is 0 Å². The molecule has 20 heavy (non-hydrogen) atoms. The van der Waals surface area contributed by atoms with E-state index in [-0.39, 0.29) is 10.2 Å². The van der Waals surface area contributed by atoms with Crippen molar-refractivity contribution in [3.05, 3.63) is 39.2 Å². The van der Waals surface area contributed by atoms with Crippen LogP contribution in [-0.2, 0) is 9.59 Å². The van der Waals surface area contributed by atoms with Crippen molar-refractivity contribution in [1.82, 2.24) is 4.90 Å². The van der Waals surface area contributed by atoms with Crippen molar-refractivity contribution in [3.63, 3.8) is 0 Å². The predicted molar refractivity (Wildman–Crippen MR) is 86.3 cm³/mol. The lowest BCUT2D eigenvalue weighted by atomic mass is 10.2. The maximum absolute atomic E-state index is 12.2. The normalized spacial score (nSPS) is 18.7. The Bertz CT molecular complexity index is 630. The van der Waals surface area contributed by atoms with Gasteiger partial charge in [0, 0.05) is 4.47 Å². The lowest BCUT2D eigenvalue weighted by Gasteiger charge is -2.18. The minimum Gasteiger partial charge on any atom is -0.480 e. The van der Waals surface area contributed by atoms with Crippen molar-refractivity contribution in [2.45, 2.75) is 13.0 Å². The van der Waals surface area contributed by atoms with Gasteiger partial charge < -0.3 is 5.11 Å². The number of hydrogen-bond acceptors (Lipinski definition) is 4. The molecule has 2 rings (SSSR count). The third kappa shape index (κ3) is 3.11. The summed E-state index contributed by atoms with van der Waals surface area (Å²) in [7, 11) is 0. The molecule has 1 aromatic carbocycles. The van der Waals surface area contributed by atoms with Crippen LogP contribution in [0, 0.1) is 0 Å². The van der Waals surface area contributed by atoms with Gasteiger partial charge in [-0.05, 0) is 30.7 Å². The third-order valence-electron chi connectivity index (χ3n) is 2.71. The maximum Gasteiger partial charge on any atom is 0.326 e. The van der Waals surface area contributed by atoms with E-state index in [1.807, 2.05) is 24.3 Å². The Labute approximate surface area is 134 Å². The molecule has 1 fully saturated rings. The molecule has 0 aliphatic carbocycles. The van der Waals surface area contributed by atoms with Gasteiger partial charge in [-0.3, -0.25) is 9.69 Å². The molecule has 1 atom stereocenters. The number of halogens is 1. The van der Waals surface area contributed by atoms with E-state index in [1.165, 1.54) is 6.92 Å². The van der Waals surface area contributed by atoms with E-state index >= 15 is 0 Å². The molecule has 0 saturated carbocycles. The number of aliphatic carboxylic acids is 1. The van der Waals surface area contributed by atoms with E-state index in [0.29, 0.717) is 4.91 Å². The molecule has 4 nitrogen and oxygen atoms in total. The number of carbonyl (C=O) groups excluding carboxylic acids is 1. The summed E-state index contributed by atoms with van der Waals surface area (Å²) in [6, 6.07) is 6.51. The standard InChI is InChI=1S/C13H10BrNO3S2/c1-7(12(17)18)15-11(16)10(20-13(15)19)6-8-3-2-4-9(14)5-8/h2-7H,1H3,(H,17,18)/b10-6+/t7-/m0/s1. The lowest BCUT2D eigenvalue weighted by Crippen LogP contribution is -2.41. The topological polar surface area (TPSA) is 57.6 Å². The molecule has 1 aliphatic heterocycles. The van der Waals surface area contributed by atoms with Crippen molar-refractivity contribution < 1.29 is 14.7 Å². The molecular formula is C13H10BrNO3S2. The van der Waals surface area contributed by atoms with Gasteiger partial charge in [0.25, 0.3) is 5.91 Å². The molecule has 1 saturated heterocycles. The number of thioether (sulfide) groups is 1. The summed E-state index contributed by atoms with van der Waals surface area (Å²) in [6.45, 7) is 1.44. The highest BCUT2D eigenvalue weighted by Gasteiger charge is 2.38. The molecule has 1 N–H and O–H groups in total. The molecule has 1 aromatic rings. The number of hydrogen-bond donors (Lipinski definition) is 1. The number of carbonyl (C=O) groups is 2. The molecular weight excluding hydrogens is 362 g/mol. The second kappa shape index (κ2) is 6.07. The average molecular weight is 372 g/mol. The van der Waals surface area contributed by atoms with Crippen molar-refractivity contribution in [1.29, 1.82) is 0 Å². The number of nitrogens with zero attached hydrogens (tertiary/aromatic N) is 1. The van der Waals surface area contributed by atoms with Gasteiger partial charge in [0.05, 0.1) is 4.91 Å². The van der Waals surface area contributed by atoms with Gasteiger partial charge in [-0.1, -0.05) is 52.0 Å². The number of thiocarbonyl (C=S) groups is 1. The average Bonchev–Trinajstić information content (AvgIpc) is 2.63. The van der Waals surface area contributed by atoms with E-state index in [2.05, 4.69) is 15.9 Å². The van der Waals surface area contributed by atoms with Gasteiger partial charge >= 0.3 is 5.97 Å². The predicted octanol–water partition coefficient (Wildman–Crippen LogP) is 3.12. The molecule has 0 radical (unpaired) electrons. The summed E-state index contributed by atoms with van der Waals surface area (Å²) in [5, 5.41) is 9.00. The van der Waals surface area contributed by atoms with Gasteiger partial charge in [-0.2, -0.15) is 0 Å². The fourth-order valence-electron chi connectivity index (χ4n) is 1.67. The summed E-state index contributed by atoms with van der Waals surface area (Å²) >= 11 is 9.56. The Hall–Kier alpha value is -1.18. The number of carboxylic acid groups (broad SMARTS) is 1. The Morgan fingerprint density at radius 3 is 2.85 bits per heavy atom. The molecule has 0 aromatic heterocycles. The van der Waals surface area contributed by atoms with Crippen LogP contribution in [0.25, 0.3) is 6.08 Å². The first kappa shape index (κ1) is 15.2. The van der Waals surface area contributed by atoms with Crippen molar-refractivity contribution in [2.24, 2.45) is 0 Å². The minimum absolute atomic E-state index is 0.270. The van der Waals surface area contributed by atoms with Gasteiger partial charge in [-0.15, -0.1) is 0 Å². The Morgan fingerprint density at radius 1 is 1.55 bits per heavy atom. The number of benzene rings is 1. The highest BCUT2D eigenvalue weighted by Crippen LogP contribution is 2.34. The Morgan fingerprint density at radius 2 is 2.25 bits per heavy atom. The highest BCUT2D eigenvalue weighted by molar-refractivity contribution is 9.10. The van der Waals surface area contributed by atoms with Crippen LogP contribution < -0.4 is 0 Å². The monoisotopic (exact) mass is 371 g/mol. The first-order valence-corrected chi connectivity index (χ1v) is 7.67. The van der Waals surface area contributed by atoms with Crippen LogP contribution in [0.1, 0.15) is 12.5 Å². The summed E-state index contributed by atoms with van der Waals surface area (Å²) in [4.78, 5) is 24.8. The Kier molecular flexibility index (Phi) is 4.62. The highest BCUT2D eigenvalue weighted by atomic mass is 79.9. The van der Waals surface area contributed by atoms with Crippen LogP contribution >= 0.6 is 39.9 Å². The van der Waals surface area contributed by atoms with Gasteiger partial charge in [0.2, 0.25) is 0 Å². The quantitative estimate of drug-likeness (QED) is 0.653. The number of carboxylic acids is 1. The fourth-order valence-corrected chi connectivity index (χ4v) is 3.51. The van der Waals surface area contributed by atoms with Crippen LogP contribution in [0.3, 0.4) is 0 Å². The van der Waals surface area contributed by atoms with E-state index in [0.717, 1.165) is 26.7 Å². The van der Waals surface area contributed by atoms with Gasteiger partial charge in [-0.25, -0.2) is 4.79 Å². The summed E-state index contributed by atoms with van der Waals surface area (Å²) in [5.41, 5.74) is 0.850. The summed E-state index contributed by atoms with van der Waals surface area (Å²) < 4.78 is 1.17. The number of rotatable bonds is 3. The van der Waals surface area contributed by atoms with Crippen LogP contribution in [0.4, 0.5) is 0 Å². The molecule has 0 spiro atoms. The lowest BCUT2D eigenvalue weighted by molar-refractivity contribution is -0.144. The van der Waals surface area contributed by atoms with Crippen LogP contribution in [0.5, 0.6) is 0 Å². The summed E-state index contributed by atoms with van der Waals surface area (Å²) in [6.07, 6.45) is 1.71. The van der Waals surface area contributed by atoms with Gasteiger partial charge in [0.1, 0.15) is 10.4 Å². The molecule has 7 heteroatoms. The van der Waals surface area contributed by atoms with Crippen molar-refractivity contribution >= 4 is 62.2 Å². The zero-order valence-electron chi connectivity index (χ0n) is 10.4. The number of amides is 1. The second-order valence-electron chi connectivity index (χ2n) is 4.12. The fraction of sp³-hybridized carbons (Fsp3) is 0.154. The van der Waals surface area contributed by atoms with E-state index in [9.17, 15) is 9.59 Å². The molecule has 1 aliphatic rings. The zero-order chi connectivity index (χ0) is 14.9. The first-order valence-electron chi connectivity index (χ1n) is 5.65. The second-order valence-corrected chi connectivity index (χ2v) is 6.71.